The molecule has 0 N–H and O–H groups in total. The first-order valence-electron chi connectivity index (χ1n) is 16.4. The topological polar surface area (TPSA) is 38.7 Å². The Kier molecular flexibility index (Phi) is 7.34. The molecule has 0 saturated carbocycles. The van der Waals surface area contributed by atoms with E-state index >= 15 is 0 Å². The molecule has 0 bridgehead atoms. The Morgan fingerprint density at radius 2 is 0.714 bits per heavy atom. The van der Waals surface area contributed by atoms with Crippen LogP contribution in [0.2, 0.25) is 0 Å². The summed E-state index contributed by atoms with van der Waals surface area (Å²) in [6.07, 6.45) is 0. The highest BCUT2D eigenvalue weighted by Gasteiger charge is 2.17. The number of fused-ring (bicyclic) bond motifs is 3. The summed E-state index contributed by atoms with van der Waals surface area (Å²) in [5.41, 5.74) is 10.0. The molecule has 2 aromatic heterocycles. The zero-order chi connectivity index (χ0) is 32.6. The first-order valence-corrected chi connectivity index (χ1v) is 17.2. The maximum atomic E-state index is 5.06. The van der Waals surface area contributed by atoms with Gasteiger partial charge < -0.3 is 0 Å². The van der Waals surface area contributed by atoms with Gasteiger partial charge in [0.2, 0.25) is 0 Å². The van der Waals surface area contributed by atoms with Crippen LogP contribution in [0, 0.1) is 0 Å². The largest absolute Gasteiger partial charge is 0.208 e. The van der Waals surface area contributed by atoms with Gasteiger partial charge in [-0.2, -0.15) is 0 Å². The molecule has 9 aromatic rings. The summed E-state index contributed by atoms with van der Waals surface area (Å²) in [6.45, 7) is 0. The van der Waals surface area contributed by atoms with Crippen LogP contribution in [0.15, 0.2) is 176 Å². The third-order valence-corrected chi connectivity index (χ3v) is 10.1. The number of thiophene rings is 1. The Bertz CT molecular complexity index is 2500. The molecule has 2 heterocycles. The van der Waals surface area contributed by atoms with Crippen molar-refractivity contribution in [1.82, 2.24) is 15.0 Å². The second-order valence-electron chi connectivity index (χ2n) is 12.1. The first-order chi connectivity index (χ1) is 24.3. The molecule has 230 valence electrons. The van der Waals surface area contributed by atoms with Crippen LogP contribution in [0.3, 0.4) is 0 Å². The summed E-state index contributed by atoms with van der Waals surface area (Å²) in [5, 5.41) is 2.51. The molecule has 7 aromatic carbocycles. The zero-order valence-corrected chi connectivity index (χ0v) is 27.3. The van der Waals surface area contributed by atoms with E-state index < -0.39 is 0 Å². The minimum absolute atomic E-state index is 0.656. The van der Waals surface area contributed by atoms with Crippen molar-refractivity contribution < 1.29 is 0 Å². The highest BCUT2D eigenvalue weighted by Crippen LogP contribution is 2.43. The van der Waals surface area contributed by atoms with Crippen molar-refractivity contribution >= 4 is 31.5 Å². The smallest absolute Gasteiger partial charge is 0.164 e. The molecule has 0 aliphatic heterocycles. The van der Waals surface area contributed by atoms with E-state index in [-0.39, 0.29) is 0 Å². The lowest BCUT2D eigenvalue weighted by Crippen LogP contribution is -2.00. The minimum atomic E-state index is 0.656. The van der Waals surface area contributed by atoms with Crippen molar-refractivity contribution in [1.29, 1.82) is 0 Å². The number of nitrogens with zero attached hydrogens (tertiary/aromatic N) is 3. The van der Waals surface area contributed by atoms with Crippen LogP contribution in [-0.2, 0) is 0 Å². The van der Waals surface area contributed by atoms with Crippen molar-refractivity contribution in [3.8, 4) is 67.5 Å². The Hall–Kier alpha value is -6.23. The SMILES string of the molecule is c1ccc(-c2ccc(-c3ccc(-c4cc(-c5nc(-c6ccccc6)nc(-c6ccccc6)n5)cc5sc6ccccc6c45)cc3)cc2)cc1. The van der Waals surface area contributed by atoms with Crippen LogP contribution in [0.1, 0.15) is 0 Å². The number of hydrogen-bond acceptors (Lipinski definition) is 4. The Balaban J connectivity index is 1.18. The highest BCUT2D eigenvalue weighted by molar-refractivity contribution is 7.26. The summed E-state index contributed by atoms with van der Waals surface area (Å²) >= 11 is 1.81. The number of benzene rings is 7. The van der Waals surface area contributed by atoms with Gasteiger partial charge in [-0.3, -0.25) is 0 Å². The maximum Gasteiger partial charge on any atom is 0.164 e. The van der Waals surface area contributed by atoms with Gasteiger partial charge in [0, 0.05) is 36.9 Å². The van der Waals surface area contributed by atoms with Gasteiger partial charge in [-0.1, -0.05) is 158 Å². The Morgan fingerprint density at radius 1 is 0.306 bits per heavy atom. The molecule has 9 rings (SSSR count). The quantitative estimate of drug-likeness (QED) is 0.181. The summed E-state index contributed by atoms with van der Waals surface area (Å²) in [4.78, 5) is 15.0. The summed E-state index contributed by atoms with van der Waals surface area (Å²) in [5.74, 6) is 1.97. The lowest BCUT2D eigenvalue weighted by Gasteiger charge is -2.12. The molecular weight excluding hydrogens is 615 g/mol. The molecule has 3 nitrogen and oxygen atoms in total. The van der Waals surface area contributed by atoms with E-state index in [1.807, 2.05) is 72.0 Å². The molecule has 49 heavy (non-hydrogen) atoms. The van der Waals surface area contributed by atoms with E-state index in [0.717, 1.165) is 22.3 Å². The van der Waals surface area contributed by atoms with Gasteiger partial charge in [0.15, 0.2) is 17.5 Å². The molecule has 0 fully saturated rings. The van der Waals surface area contributed by atoms with Crippen LogP contribution in [0.25, 0.3) is 87.7 Å². The molecule has 0 amide bonds. The third kappa shape index (κ3) is 5.58. The maximum absolute atomic E-state index is 5.06. The van der Waals surface area contributed by atoms with E-state index in [4.69, 9.17) is 15.0 Å². The molecule has 0 aliphatic rings. The average molecular weight is 644 g/mol. The summed E-state index contributed by atoms with van der Waals surface area (Å²) in [7, 11) is 0. The van der Waals surface area contributed by atoms with Gasteiger partial charge in [-0.25, -0.2) is 15.0 Å². The molecule has 0 spiro atoms. The minimum Gasteiger partial charge on any atom is -0.208 e. The van der Waals surface area contributed by atoms with Gasteiger partial charge in [0.05, 0.1) is 0 Å². The van der Waals surface area contributed by atoms with Crippen LogP contribution in [0.5, 0.6) is 0 Å². The number of hydrogen-bond donors (Lipinski definition) is 0. The van der Waals surface area contributed by atoms with Gasteiger partial charge in [0.25, 0.3) is 0 Å². The fourth-order valence-corrected chi connectivity index (χ4v) is 7.65. The fourth-order valence-electron chi connectivity index (χ4n) is 6.48. The molecular formula is C45H29N3S. The zero-order valence-electron chi connectivity index (χ0n) is 26.5. The van der Waals surface area contributed by atoms with Crippen LogP contribution < -0.4 is 0 Å². The number of aromatic nitrogens is 3. The van der Waals surface area contributed by atoms with E-state index in [1.165, 1.54) is 48.0 Å². The molecule has 0 unspecified atom stereocenters. The van der Waals surface area contributed by atoms with E-state index in [1.54, 1.807) is 0 Å². The Labute approximate surface area is 288 Å². The molecule has 0 saturated heterocycles. The standard InChI is InChI=1S/C45H29N3S/c1-4-12-30(13-5-1)31-20-22-32(23-21-31)33-24-26-34(27-25-33)39-28-37(29-41-42(39)38-18-10-11-19-40(38)49-41)45-47-43(35-14-6-2-7-15-35)46-44(48-45)36-16-8-3-9-17-36/h1-29H. The van der Waals surface area contributed by atoms with Gasteiger partial charge in [-0.05, 0) is 51.6 Å². The molecule has 4 heteroatoms. The monoisotopic (exact) mass is 643 g/mol. The highest BCUT2D eigenvalue weighted by atomic mass is 32.1. The number of rotatable bonds is 6. The van der Waals surface area contributed by atoms with E-state index in [0.29, 0.717) is 17.5 Å². The van der Waals surface area contributed by atoms with Crippen molar-refractivity contribution in [2.45, 2.75) is 0 Å². The third-order valence-electron chi connectivity index (χ3n) is 8.96. The van der Waals surface area contributed by atoms with E-state index in [9.17, 15) is 0 Å². The van der Waals surface area contributed by atoms with Gasteiger partial charge >= 0.3 is 0 Å². The van der Waals surface area contributed by atoms with E-state index in [2.05, 4.69) is 115 Å². The molecule has 0 aliphatic carbocycles. The van der Waals surface area contributed by atoms with Crippen molar-refractivity contribution in [3.05, 3.63) is 176 Å². The Morgan fingerprint density at radius 3 is 1.24 bits per heavy atom. The normalized spacial score (nSPS) is 11.3. The predicted octanol–water partition coefficient (Wildman–Crippen LogP) is 12.2. The summed E-state index contributed by atoms with van der Waals surface area (Å²) in [6, 6.07) is 61.7. The first kappa shape index (κ1) is 29.0. The van der Waals surface area contributed by atoms with Crippen LogP contribution in [0.4, 0.5) is 0 Å². The second kappa shape index (κ2) is 12.4. The van der Waals surface area contributed by atoms with Crippen molar-refractivity contribution in [2.75, 3.05) is 0 Å². The lowest BCUT2D eigenvalue weighted by atomic mass is 9.94. The fraction of sp³-hybridized carbons (Fsp3) is 0. The van der Waals surface area contributed by atoms with Crippen molar-refractivity contribution in [3.63, 3.8) is 0 Å². The lowest BCUT2D eigenvalue weighted by molar-refractivity contribution is 1.07. The van der Waals surface area contributed by atoms with Crippen LogP contribution in [-0.4, -0.2) is 15.0 Å². The molecule has 0 atom stereocenters. The second-order valence-corrected chi connectivity index (χ2v) is 13.1. The van der Waals surface area contributed by atoms with Crippen LogP contribution >= 0.6 is 11.3 Å². The average Bonchev–Trinajstić information content (AvgIpc) is 3.57. The van der Waals surface area contributed by atoms with Crippen molar-refractivity contribution in [2.24, 2.45) is 0 Å². The van der Waals surface area contributed by atoms with Gasteiger partial charge in [0.1, 0.15) is 0 Å². The van der Waals surface area contributed by atoms with Gasteiger partial charge in [-0.15, -0.1) is 11.3 Å². The summed E-state index contributed by atoms with van der Waals surface area (Å²) < 4.78 is 2.47. The predicted molar refractivity (Wildman–Crippen MR) is 205 cm³/mol. The molecule has 0 radical (unpaired) electrons.